The van der Waals surface area contributed by atoms with E-state index >= 15 is 0 Å². The lowest BCUT2D eigenvalue weighted by molar-refractivity contribution is 0.0697. The normalized spacial score (nSPS) is 10.4. The number of aromatic nitrogens is 3. The summed E-state index contributed by atoms with van der Waals surface area (Å²) in [7, 11) is 0. The van der Waals surface area contributed by atoms with Crippen LogP contribution in [0.3, 0.4) is 0 Å². The third-order valence-electron chi connectivity index (χ3n) is 2.03. The van der Waals surface area contributed by atoms with E-state index in [0.29, 0.717) is 11.4 Å². The highest BCUT2D eigenvalue weighted by molar-refractivity contribution is 5.95. The molecule has 0 saturated carbocycles. The van der Waals surface area contributed by atoms with Gasteiger partial charge in [0.05, 0.1) is 0 Å². The van der Waals surface area contributed by atoms with E-state index in [1.807, 2.05) is 0 Å². The SMILES string of the molecule is Cc1[nH]nc(-c2cc[nH]c2)c1C(=O)O. The second-order valence-electron chi connectivity index (χ2n) is 2.98. The summed E-state index contributed by atoms with van der Waals surface area (Å²) >= 11 is 0. The topological polar surface area (TPSA) is 81.8 Å². The second-order valence-corrected chi connectivity index (χ2v) is 2.98. The first-order chi connectivity index (χ1) is 6.70. The molecule has 0 atom stereocenters. The van der Waals surface area contributed by atoms with Crippen LogP contribution in [-0.4, -0.2) is 26.3 Å². The molecule has 14 heavy (non-hydrogen) atoms. The van der Waals surface area contributed by atoms with Crippen molar-refractivity contribution in [1.29, 1.82) is 0 Å². The number of hydrogen-bond donors (Lipinski definition) is 3. The third-order valence-corrected chi connectivity index (χ3v) is 2.03. The molecule has 5 nitrogen and oxygen atoms in total. The minimum absolute atomic E-state index is 0.226. The van der Waals surface area contributed by atoms with Crippen LogP contribution in [0, 0.1) is 6.92 Å². The van der Waals surface area contributed by atoms with Crippen molar-refractivity contribution in [3.63, 3.8) is 0 Å². The van der Waals surface area contributed by atoms with Crippen molar-refractivity contribution in [1.82, 2.24) is 15.2 Å². The summed E-state index contributed by atoms with van der Waals surface area (Å²) in [6, 6.07) is 1.78. The quantitative estimate of drug-likeness (QED) is 0.671. The maximum absolute atomic E-state index is 10.9. The van der Waals surface area contributed by atoms with Crippen LogP contribution in [0.1, 0.15) is 16.1 Å². The van der Waals surface area contributed by atoms with E-state index in [2.05, 4.69) is 15.2 Å². The Morgan fingerprint density at radius 1 is 1.57 bits per heavy atom. The fourth-order valence-electron chi connectivity index (χ4n) is 1.37. The number of nitrogens with zero attached hydrogens (tertiary/aromatic N) is 1. The van der Waals surface area contributed by atoms with Crippen molar-refractivity contribution in [3.05, 3.63) is 29.7 Å². The van der Waals surface area contributed by atoms with Gasteiger partial charge in [0.2, 0.25) is 0 Å². The highest BCUT2D eigenvalue weighted by Gasteiger charge is 2.18. The Morgan fingerprint density at radius 3 is 2.93 bits per heavy atom. The highest BCUT2D eigenvalue weighted by atomic mass is 16.4. The van der Waals surface area contributed by atoms with Crippen LogP contribution in [0.2, 0.25) is 0 Å². The largest absolute Gasteiger partial charge is 0.478 e. The molecule has 0 bridgehead atoms. The molecule has 72 valence electrons. The number of hydrogen-bond acceptors (Lipinski definition) is 2. The Bertz CT molecular complexity index is 456. The molecule has 0 unspecified atom stereocenters. The van der Waals surface area contributed by atoms with Crippen molar-refractivity contribution >= 4 is 5.97 Å². The molecule has 3 N–H and O–H groups in total. The number of carboxylic acid groups (broad SMARTS) is 1. The minimum atomic E-state index is -0.965. The second kappa shape index (κ2) is 3.02. The number of H-pyrrole nitrogens is 2. The predicted octanol–water partition coefficient (Wildman–Crippen LogP) is 1.41. The van der Waals surface area contributed by atoms with Crippen LogP contribution in [-0.2, 0) is 0 Å². The molecule has 0 spiro atoms. The van der Waals surface area contributed by atoms with Gasteiger partial charge in [-0.25, -0.2) is 4.79 Å². The molecule has 5 heteroatoms. The van der Waals surface area contributed by atoms with E-state index in [9.17, 15) is 4.79 Å². The summed E-state index contributed by atoms with van der Waals surface area (Å²) in [5.41, 5.74) is 2.03. The lowest BCUT2D eigenvalue weighted by Crippen LogP contribution is -1.98. The molecule has 2 heterocycles. The first kappa shape index (κ1) is 8.55. The van der Waals surface area contributed by atoms with Crippen LogP contribution in [0.25, 0.3) is 11.3 Å². The van der Waals surface area contributed by atoms with Crippen LogP contribution < -0.4 is 0 Å². The van der Waals surface area contributed by atoms with Gasteiger partial charge in [-0.15, -0.1) is 0 Å². The molecule has 0 fully saturated rings. The van der Waals surface area contributed by atoms with Crippen LogP contribution >= 0.6 is 0 Å². The van der Waals surface area contributed by atoms with E-state index in [1.54, 1.807) is 25.4 Å². The highest BCUT2D eigenvalue weighted by Crippen LogP contribution is 2.22. The van der Waals surface area contributed by atoms with Crippen LogP contribution in [0.5, 0.6) is 0 Å². The summed E-state index contributed by atoms with van der Waals surface area (Å²) < 4.78 is 0. The maximum Gasteiger partial charge on any atom is 0.339 e. The molecule has 0 radical (unpaired) electrons. The van der Waals surface area contributed by atoms with Gasteiger partial charge in [0.15, 0.2) is 0 Å². The first-order valence-electron chi connectivity index (χ1n) is 4.11. The van der Waals surface area contributed by atoms with Gasteiger partial charge in [-0.05, 0) is 13.0 Å². The van der Waals surface area contributed by atoms with Gasteiger partial charge < -0.3 is 10.1 Å². The monoisotopic (exact) mass is 191 g/mol. The van der Waals surface area contributed by atoms with E-state index in [4.69, 9.17) is 5.11 Å². The van der Waals surface area contributed by atoms with Gasteiger partial charge in [-0.2, -0.15) is 5.10 Å². The van der Waals surface area contributed by atoms with Crippen LogP contribution in [0.15, 0.2) is 18.5 Å². The Hall–Kier alpha value is -2.04. The molecular formula is C9H9N3O2. The van der Waals surface area contributed by atoms with E-state index in [-0.39, 0.29) is 5.56 Å². The summed E-state index contributed by atoms with van der Waals surface area (Å²) in [5, 5.41) is 15.6. The van der Waals surface area contributed by atoms with Gasteiger partial charge in [0, 0.05) is 23.7 Å². The molecule has 2 aromatic rings. The number of carboxylic acids is 1. The Morgan fingerprint density at radius 2 is 2.36 bits per heavy atom. The molecule has 0 amide bonds. The average molecular weight is 191 g/mol. The molecule has 0 aliphatic carbocycles. The van der Waals surface area contributed by atoms with Gasteiger partial charge in [0.1, 0.15) is 11.3 Å². The van der Waals surface area contributed by atoms with E-state index < -0.39 is 5.97 Å². The van der Waals surface area contributed by atoms with Crippen molar-refractivity contribution in [3.8, 4) is 11.3 Å². The number of rotatable bonds is 2. The Labute approximate surface area is 79.8 Å². The Balaban J connectivity index is 2.60. The van der Waals surface area contributed by atoms with Gasteiger partial charge >= 0.3 is 5.97 Å². The number of aromatic carboxylic acids is 1. The average Bonchev–Trinajstić information content (AvgIpc) is 2.70. The fraction of sp³-hybridized carbons (Fsp3) is 0.111. The molecule has 2 rings (SSSR count). The lowest BCUT2D eigenvalue weighted by atomic mass is 10.1. The predicted molar refractivity (Wildman–Crippen MR) is 50.1 cm³/mol. The first-order valence-corrected chi connectivity index (χ1v) is 4.11. The smallest absolute Gasteiger partial charge is 0.339 e. The van der Waals surface area contributed by atoms with Gasteiger partial charge in [-0.1, -0.05) is 0 Å². The third kappa shape index (κ3) is 1.19. The van der Waals surface area contributed by atoms with Crippen molar-refractivity contribution < 1.29 is 9.90 Å². The minimum Gasteiger partial charge on any atom is -0.478 e. The number of aryl methyl sites for hydroxylation is 1. The zero-order chi connectivity index (χ0) is 10.1. The van der Waals surface area contributed by atoms with E-state index in [1.165, 1.54) is 0 Å². The van der Waals surface area contributed by atoms with Crippen LogP contribution in [0.4, 0.5) is 0 Å². The summed E-state index contributed by atoms with van der Waals surface area (Å²) in [6.45, 7) is 1.69. The molecule has 2 aromatic heterocycles. The zero-order valence-electron chi connectivity index (χ0n) is 7.53. The molecule has 0 saturated heterocycles. The van der Waals surface area contributed by atoms with Gasteiger partial charge in [0.25, 0.3) is 0 Å². The molecule has 0 aromatic carbocycles. The molecule has 0 aliphatic heterocycles. The summed E-state index contributed by atoms with van der Waals surface area (Å²) in [4.78, 5) is 13.8. The fourth-order valence-corrected chi connectivity index (χ4v) is 1.37. The number of carbonyl (C=O) groups is 1. The van der Waals surface area contributed by atoms with Crippen molar-refractivity contribution in [2.45, 2.75) is 6.92 Å². The van der Waals surface area contributed by atoms with E-state index in [0.717, 1.165) is 5.56 Å². The van der Waals surface area contributed by atoms with Gasteiger partial charge in [-0.3, -0.25) is 5.10 Å². The molecular weight excluding hydrogens is 182 g/mol. The summed E-state index contributed by atoms with van der Waals surface area (Å²) in [6.07, 6.45) is 3.44. The zero-order valence-corrected chi connectivity index (χ0v) is 7.53. The standard InChI is InChI=1S/C9H9N3O2/c1-5-7(9(13)14)8(12-11-5)6-2-3-10-4-6/h2-4,10H,1H3,(H,11,12)(H,13,14). The van der Waals surface area contributed by atoms with Crippen molar-refractivity contribution in [2.24, 2.45) is 0 Å². The van der Waals surface area contributed by atoms with Crippen molar-refractivity contribution in [2.75, 3.05) is 0 Å². The lowest BCUT2D eigenvalue weighted by Gasteiger charge is -1.94. The summed E-state index contributed by atoms with van der Waals surface area (Å²) in [5.74, 6) is -0.965. The number of aromatic amines is 2. The maximum atomic E-state index is 10.9. The molecule has 0 aliphatic rings. The Kier molecular flexibility index (Phi) is 1.85. The number of nitrogens with one attached hydrogen (secondary N) is 2.